The Hall–Kier alpha value is -2.54. The van der Waals surface area contributed by atoms with Crippen LogP contribution in [0.3, 0.4) is 0 Å². The molecule has 5 rings (SSSR count). The number of hydrogen-bond acceptors (Lipinski definition) is 5. The van der Waals surface area contributed by atoms with Crippen LogP contribution >= 0.6 is 0 Å². The number of carbonyl (C=O) groups is 1. The molecule has 1 radical (unpaired) electrons. The molecule has 0 fully saturated rings. The van der Waals surface area contributed by atoms with Crippen LogP contribution in [0.25, 0.3) is 21.9 Å². The molecule has 0 spiro atoms. The van der Waals surface area contributed by atoms with Crippen molar-refractivity contribution in [2.45, 2.75) is 41.7 Å². The molecule has 0 aliphatic heterocycles. The fourth-order valence-electron chi connectivity index (χ4n) is 4.39. The zero-order valence-corrected chi connectivity index (χ0v) is 19.9. The van der Waals surface area contributed by atoms with Gasteiger partial charge in [-0.3, -0.25) is 0 Å². The van der Waals surface area contributed by atoms with Crippen LogP contribution in [0.15, 0.2) is 58.0 Å². The van der Waals surface area contributed by atoms with Gasteiger partial charge in [-0.05, 0) is 0 Å². The van der Waals surface area contributed by atoms with Crippen LogP contribution < -0.4 is 5.48 Å². The maximum atomic E-state index is 13.3. The van der Waals surface area contributed by atoms with Gasteiger partial charge in [-0.1, -0.05) is 0 Å². The summed E-state index contributed by atoms with van der Waals surface area (Å²) in [6, 6.07) is 12.6. The predicted octanol–water partition coefficient (Wildman–Crippen LogP) is 3.72. The number of aryl methyl sites for hydroxylation is 2. The molecule has 2 aromatic carbocycles. The number of benzene rings is 2. The van der Waals surface area contributed by atoms with Crippen LogP contribution in [0.4, 0.5) is 0 Å². The number of rotatable bonds is 6. The zero-order chi connectivity index (χ0) is 22.3. The zero-order valence-electron chi connectivity index (χ0n) is 17.2. The first kappa shape index (κ1) is 21.3. The van der Waals surface area contributed by atoms with Gasteiger partial charge in [0.2, 0.25) is 0 Å². The van der Waals surface area contributed by atoms with Crippen molar-refractivity contribution in [3.05, 3.63) is 65.5 Å². The van der Waals surface area contributed by atoms with Gasteiger partial charge < -0.3 is 0 Å². The molecule has 1 amide bonds. The summed E-state index contributed by atoms with van der Waals surface area (Å²) < 4.78 is 31.6. The van der Waals surface area contributed by atoms with Gasteiger partial charge in [-0.25, -0.2) is 0 Å². The molecule has 0 unspecified atom stereocenters. The molecule has 1 aliphatic carbocycles. The normalized spacial score (nSPS) is 15.4. The molecule has 3 N–H and O–H groups in total. The molecule has 32 heavy (non-hydrogen) atoms. The number of carbonyl (C=O) groups excluding carboxylic acids is 1. The van der Waals surface area contributed by atoms with Gasteiger partial charge in [-0.2, -0.15) is 0 Å². The summed E-state index contributed by atoms with van der Waals surface area (Å²) in [6.07, 6.45) is 6.01. The van der Waals surface area contributed by atoms with E-state index in [0.717, 1.165) is 53.3 Å². The quantitative estimate of drug-likeness (QED) is 0.207. The Morgan fingerprint density at radius 2 is 1.97 bits per heavy atom. The average Bonchev–Trinajstić information content (AvgIpc) is 3.38. The van der Waals surface area contributed by atoms with Gasteiger partial charge in [0.05, 0.1) is 0 Å². The molecule has 2 aromatic heterocycles. The van der Waals surface area contributed by atoms with Crippen LogP contribution in [-0.2, 0) is 32.2 Å². The summed E-state index contributed by atoms with van der Waals surface area (Å²) in [7, 11) is -3.71. The number of nitrogens with one attached hydrogen (secondary N) is 2. The van der Waals surface area contributed by atoms with Crippen molar-refractivity contribution in [2.75, 3.05) is 0 Å². The fourth-order valence-corrected chi connectivity index (χ4v) is 10.7. The van der Waals surface area contributed by atoms with Gasteiger partial charge >= 0.3 is 191 Å². The van der Waals surface area contributed by atoms with Gasteiger partial charge in [0.1, 0.15) is 0 Å². The molecule has 165 valence electrons. The summed E-state index contributed by atoms with van der Waals surface area (Å²) in [5.41, 5.74) is 5.17. The second-order valence-corrected chi connectivity index (χ2v) is 15.3. The van der Waals surface area contributed by atoms with Crippen molar-refractivity contribution in [1.82, 2.24) is 10.5 Å². The monoisotopic (exact) mass is 513 g/mol. The van der Waals surface area contributed by atoms with E-state index in [1.54, 1.807) is 23.8 Å². The van der Waals surface area contributed by atoms with Crippen molar-refractivity contribution >= 4 is 50.5 Å². The first-order valence-electron chi connectivity index (χ1n) is 10.5. The van der Waals surface area contributed by atoms with Crippen molar-refractivity contribution in [3.63, 3.8) is 0 Å². The predicted molar refractivity (Wildman–Crippen MR) is 121 cm³/mol. The molecule has 7 nitrogen and oxygen atoms in total. The maximum absolute atomic E-state index is 13.3. The summed E-state index contributed by atoms with van der Waals surface area (Å²) in [6.45, 7) is 0. The molecule has 2 heterocycles. The number of aromatic amines is 1. The number of H-pyrrole nitrogens is 1. The molecule has 0 bridgehead atoms. The van der Waals surface area contributed by atoms with Crippen molar-refractivity contribution in [3.8, 4) is 0 Å². The number of hydroxylamine groups is 1. The number of aromatic nitrogens is 1. The number of fused-ring (bicyclic) bond motifs is 4. The first-order chi connectivity index (χ1) is 15.5. The van der Waals surface area contributed by atoms with Crippen molar-refractivity contribution in [2.24, 2.45) is 0 Å². The molecule has 4 aromatic rings. The SMILES string of the molecule is O=C(NO)[C@H](Cc1c[nH]c2ccccc12)[As]S(=O)(=O)c1ccc2c3c(oc2c1)CCCC3. The van der Waals surface area contributed by atoms with E-state index in [-0.39, 0.29) is 11.3 Å². The molecular formula is C23H22AsN2O5S. The minimum absolute atomic E-state index is 0.158. The van der Waals surface area contributed by atoms with Gasteiger partial charge in [-0.15, -0.1) is 0 Å². The minimum atomic E-state index is -3.71. The average molecular weight is 513 g/mol. The molecule has 1 aliphatic rings. The summed E-state index contributed by atoms with van der Waals surface area (Å²) in [5, 5.41) is 11.2. The third-order valence-corrected chi connectivity index (χ3v) is 12.9. The Morgan fingerprint density at radius 3 is 2.81 bits per heavy atom. The van der Waals surface area contributed by atoms with E-state index in [2.05, 4.69) is 4.98 Å². The van der Waals surface area contributed by atoms with E-state index in [9.17, 15) is 18.4 Å². The van der Waals surface area contributed by atoms with E-state index in [1.165, 1.54) is 5.56 Å². The Balaban J connectivity index is 1.45. The van der Waals surface area contributed by atoms with E-state index < -0.39 is 33.3 Å². The fraction of sp³-hybridized carbons (Fsp3) is 0.261. The van der Waals surface area contributed by atoms with E-state index >= 15 is 0 Å². The van der Waals surface area contributed by atoms with Crippen LogP contribution in [0, 0.1) is 0 Å². The third-order valence-electron chi connectivity index (χ3n) is 5.99. The number of furan rings is 1. The van der Waals surface area contributed by atoms with Crippen LogP contribution in [0.1, 0.15) is 29.7 Å². The van der Waals surface area contributed by atoms with Crippen LogP contribution in [0.2, 0.25) is 4.71 Å². The molecule has 9 heteroatoms. The standard InChI is InChI=1S/C23H22AsN2O5S/c27-23(26-28)19(11-14-13-25-20-7-3-1-5-16(14)20)24-32(29,30)15-9-10-18-17-6-2-4-8-21(17)31-22(18)12-15/h1,3,5,7,9-10,12-13,19,25,28H,2,4,6,8,11H2,(H,26,27)/t19-/m0/s1. The molecule has 1 atom stereocenters. The Labute approximate surface area is 190 Å². The van der Waals surface area contributed by atoms with Gasteiger partial charge in [0, 0.05) is 0 Å². The summed E-state index contributed by atoms with van der Waals surface area (Å²) in [5.74, 6) is 0.263. The summed E-state index contributed by atoms with van der Waals surface area (Å²) in [4.78, 5) is 15.7. The van der Waals surface area contributed by atoms with E-state index in [4.69, 9.17) is 4.42 Å². The van der Waals surface area contributed by atoms with Crippen molar-refractivity contribution in [1.29, 1.82) is 0 Å². The molecule has 0 saturated carbocycles. The van der Waals surface area contributed by atoms with E-state index in [1.807, 2.05) is 30.3 Å². The third kappa shape index (κ3) is 3.87. The number of hydrogen-bond donors (Lipinski definition) is 3. The van der Waals surface area contributed by atoms with Crippen LogP contribution in [-0.4, -0.2) is 39.1 Å². The second-order valence-electron chi connectivity index (χ2n) is 8.00. The van der Waals surface area contributed by atoms with Gasteiger partial charge in [0.25, 0.3) is 0 Å². The molecule has 0 saturated heterocycles. The summed E-state index contributed by atoms with van der Waals surface area (Å²) >= 11 is -1.50. The van der Waals surface area contributed by atoms with E-state index in [0.29, 0.717) is 5.58 Å². The number of amides is 1. The molecular weight excluding hydrogens is 491 g/mol. The van der Waals surface area contributed by atoms with Crippen molar-refractivity contribution < 1.29 is 22.8 Å². The Bertz CT molecular complexity index is 1420. The van der Waals surface area contributed by atoms with Gasteiger partial charge in [0.15, 0.2) is 0 Å². The van der Waals surface area contributed by atoms with Crippen LogP contribution in [0.5, 0.6) is 0 Å². The second kappa shape index (κ2) is 8.43. The first-order valence-corrected chi connectivity index (χ1v) is 15.3. The Kier molecular flexibility index (Phi) is 5.61. The topological polar surface area (TPSA) is 112 Å². The Morgan fingerprint density at radius 1 is 1.16 bits per heavy atom. The number of para-hydroxylation sites is 1.